The fraction of sp³-hybridized carbons (Fsp3) is 0.250. The minimum absolute atomic E-state index is 0.0837. The van der Waals surface area contributed by atoms with E-state index in [0.29, 0.717) is 48.6 Å². The van der Waals surface area contributed by atoms with Crippen molar-refractivity contribution in [2.45, 2.75) is 38.6 Å². The van der Waals surface area contributed by atoms with E-state index in [0.717, 1.165) is 24.1 Å². The Morgan fingerprint density at radius 2 is 1.47 bits per heavy atom. The van der Waals surface area contributed by atoms with Crippen molar-refractivity contribution in [1.82, 2.24) is 0 Å². The van der Waals surface area contributed by atoms with Gasteiger partial charge in [-0.2, -0.15) is 0 Å². The Morgan fingerprint density at radius 1 is 0.814 bits per heavy atom. The van der Waals surface area contributed by atoms with Gasteiger partial charge in [0.1, 0.15) is 18.4 Å². The number of ether oxygens (including phenoxy) is 2. The van der Waals surface area contributed by atoms with Crippen LogP contribution in [0.15, 0.2) is 109 Å². The molecule has 0 saturated carbocycles. The van der Waals surface area contributed by atoms with Crippen molar-refractivity contribution in [3.05, 3.63) is 126 Å². The highest BCUT2D eigenvalue weighted by atomic mass is 16.5. The van der Waals surface area contributed by atoms with Crippen LogP contribution in [0.2, 0.25) is 0 Å². The van der Waals surface area contributed by atoms with Crippen molar-refractivity contribution >= 4 is 29.0 Å². The standard InChI is InChI=1S/C36H38N2O5/c1-3-4-19-34(39)38(29-15-9-6-10-16-29)24-25-43-30-22-20-27(21-23-30)26-33(36(41)42-2)37-32-18-12-11-17-31(32)35(40)28-13-7-5-8-14-28/h5-18,20-23,33,37H,3-4,19,24-26H2,1-2H3. The van der Waals surface area contributed by atoms with Crippen molar-refractivity contribution in [3.63, 3.8) is 0 Å². The molecule has 4 rings (SSSR count). The average Bonchev–Trinajstić information content (AvgIpc) is 3.06. The van der Waals surface area contributed by atoms with Gasteiger partial charge in [-0.05, 0) is 48.4 Å². The summed E-state index contributed by atoms with van der Waals surface area (Å²) in [5.74, 6) is 0.183. The first kappa shape index (κ1) is 31.0. The molecule has 222 valence electrons. The number of anilines is 2. The number of hydrogen-bond acceptors (Lipinski definition) is 6. The van der Waals surface area contributed by atoms with Gasteiger partial charge in [-0.3, -0.25) is 9.59 Å². The summed E-state index contributed by atoms with van der Waals surface area (Å²) >= 11 is 0. The van der Waals surface area contributed by atoms with E-state index < -0.39 is 12.0 Å². The Kier molecular flexibility index (Phi) is 11.5. The number of amides is 1. The van der Waals surface area contributed by atoms with Crippen molar-refractivity contribution in [3.8, 4) is 5.75 Å². The molecule has 1 amide bonds. The summed E-state index contributed by atoms with van der Waals surface area (Å²) in [6, 6.07) is 32.6. The lowest BCUT2D eigenvalue weighted by atomic mass is 10.00. The lowest BCUT2D eigenvalue weighted by molar-refractivity contribution is -0.141. The van der Waals surface area contributed by atoms with Gasteiger partial charge >= 0.3 is 5.97 Å². The molecule has 1 atom stereocenters. The maximum absolute atomic E-state index is 13.2. The lowest BCUT2D eigenvalue weighted by Crippen LogP contribution is -2.34. The number of benzene rings is 4. The van der Waals surface area contributed by atoms with E-state index in [4.69, 9.17) is 9.47 Å². The van der Waals surface area contributed by atoms with E-state index in [9.17, 15) is 14.4 Å². The number of carbonyl (C=O) groups is 3. The molecule has 0 aliphatic heterocycles. The zero-order chi connectivity index (χ0) is 30.4. The third-order valence-corrected chi connectivity index (χ3v) is 7.08. The van der Waals surface area contributed by atoms with E-state index in [1.54, 1.807) is 35.2 Å². The fourth-order valence-electron chi connectivity index (χ4n) is 4.76. The quantitative estimate of drug-likeness (QED) is 0.125. The molecule has 0 aromatic heterocycles. The summed E-state index contributed by atoms with van der Waals surface area (Å²) in [6.07, 6.45) is 2.65. The predicted molar refractivity (Wildman–Crippen MR) is 170 cm³/mol. The lowest BCUT2D eigenvalue weighted by Gasteiger charge is -2.23. The summed E-state index contributed by atoms with van der Waals surface area (Å²) in [6.45, 7) is 2.84. The molecule has 0 saturated heterocycles. The van der Waals surface area contributed by atoms with E-state index in [-0.39, 0.29) is 11.7 Å². The number of rotatable bonds is 15. The van der Waals surface area contributed by atoms with Crippen molar-refractivity contribution in [2.75, 3.05) is 30.5 Å². The number of unbranched alkanes of at least 4 members (excludes halogenated alkanes) is 1. The second-order valence-corrected chi connectivity index (χ2v) is 10.1. The monoisotopic (exact) mass is 578 g/mol. The number of carbonyl (C=O) groups excluding carboxylic acids is 3. The molecule has 7 nitrogen and oxygen atoms in total. The third kappa shape index (κ3) is 8.79. The van der Waals surface area contributed by atoms with Gasteiger partial charge in [-0.25, -0.2) is 4.79 Å². The molecular weight excluding hydrogens is 540 g/mol. The van der Waals surface area contributed by atoms with Crippen LogP contribution in [-0.4, -0.2) is 44.0 Å². The van der Waals surface area contributed by atoms with Crippen LogP contribution in [0, 0.1) is 0 Å². The van der Waals surface area contributed by atoms with Crippen molar-refractivity contribution in [2.24, 2.45) is 0 Å². The number of methoxy groups -OCH3 is 1. The number of nitrogens with one attached hydrogen (secondary N) is 1. The van der Waals surface area contributed by atoms with Crippen LogP contribution in [0.4, 0.5) is 11.4 Å². The van der Waals surface area contributed by atoms with Crippen LogP contribution < -0.4 is 15.0 Å². The molecule has 0 heterocycles. The summed E-state index contributed by atoms with van der Waals surface area (Å²) in [5.41, 5.74) is 3.35. The van der Waals surface area contributed by atoms with Gasteiger partial charge in [0, 0.05) is 35.3 Å². The highest BCUT2D eigenvalue weighted by molar-refractivity contribution is 6.12. The topological polar surface area (TPSA) is 84.9 Å². The van der Waals surface area contributed by atoms with Crippen molar-refractivity contribution in [1.29, 1.82) is 0 Å². The van der Waals surface area contributed by atoms with Crippen molar-refractivity contribution < 1.29 is 23.9 Å². The van der Waals surface area contributed by atoms with Crippen LogP contribution >= 0.6 is 0 Å². The maximum atomic E-state index is 13.2. The van der Waals surface area contributed by atoms with Crippen LogP contribution in [0.3, 0.4) is 0 Å². The first-order chi connectivity index (χ1) is 21.0. The normalized spacial score (nSPS) is 11.3. The van der Waals surface area contributed by atoms with Gasteiger partial charge < -0.3 is 19.7 Å². The maximum Gasteiger partial charge on any atom is 0.328 e. The molecule has 0 aliphatic carbocycles. The summed E-state index contributed by atoms with van der Waals surface area (Å²) in [4.78, 5) is 40.6. The Morgan fingerprint density at radius 3 is 2.14 bits per heavy atom. The highest BCUT2D eigenvalue weighted by Gasteiger charge is 2.23. The van der Waals surface area contributed by atoms with Gasteiger partial charge in [-0.15, -0.1) is 0 Å². The molecule has 43 heavy (non-hydrogen) atoms. The van der Waals surface area contributed by atoms with Crippen LogP contribution in [-0.2, 0) is 20.7 Å². The molecule has 4 aromatic carbocycles. The van der Waals surface area contributed by atoms with Gasteiger partial charge in [0.2, 0.25) is 5.91 Å². The van der Waals surface area contributed by atoms with Crippen LogP contribution in [0.25, 0.3) is 0 Å². The first-order valence-corrected chi connectivity index (χ1v) is 14.6. The Bertz CT molecular complexity index is 1470. The zero-order valence-corrected chi connectivity index (χ0v) is 24.7. The largest absolute Gasteiger partial charge is 0.492 e. The Labute approximate surface area is 253 Å². The number of nitrogens with zero attached hydrogens (tertiary/aromatic N) is 1. The Hall–Kier alpha value is -4.91. The molecule has 0 radical (unpaired) electrons. The predicted octanol–water partition coefficient (Wildman–Crippen LogP) is 6.72. The number of esters is 1. The molecule has 0 aliphatic rings. The number of para-hydroxylation sites is 2. The minimum Gasteiger partial charge on any atom is -0.492 e. The summed E-state index contributed by atoms with van der Waals surface area (Å²) < 4.78 is 11.1. The van der Waals surface area contributed by atoms with E-state index in [1.165, 1.54) is 7.11 Å². The van der Waals surface area contributed by atoms with E-state index in [2.05, 4.69) is 12.2 Å². The molecular formula is C36H38N2O5. The second kappa shape index (κ2) is 15.9. The molecule has 1 N–H and O–H groups in total. The fourth-order valence-corrected chi connectivity index (χ4v) is 4.76. The van der Waals surface area contributed by atoms with Gasteiger partial charge in [0.15, 0.2) is 5.78 Å². The number of hydrogen-bond donors (Lipinski definition) is 1. The van der Waals surface area contributed by atoms with Gasteiger partial charge in [0.25, 0.3) is 0 Å². The van der Waals surface area contributed by atoms with Crippen LogP contribution in [0.5, 0.6) is 5.75 Å². The number of ketones is 1. The van der Waals surface area contributed by atoms with Gasteiger partial charge in [0.05, 0.1) is 13.7 Å². The molecule has 7 heteroatoms. The molecule has 0 bridgehead atoms. The first-order valence-electron chi connectivity index (χ1n) is 14.6. The van der Waals surface area contributed by atoms with Crippen LogP contribution in [0.1, 0.15) is 47.7 Å². The van der Waals surface area contributed by atoms with Gasteiger partial charge in [-0.1, -0.05) is 86.1 Å². The average molecular weight is 579 g/mol. The van der Waals surface area contributed by atoms with E-state index in [1.807, 2.05) is 78.9 Å². The molecule has 4 aromatic rings. The molecule has 1 unspecified atom stereocenters. The molecule has 0 fully saturated rings. The van der Waals surface area contributed by atoms with E-state index >= 15 is 0 Å². The summed E-state index contributed by atoms with van der Waals surface area (Å²) in [5, 5.41) is 3.24. The third-order valence-electron chi connectivity index (χ3n) is 7.08. The molecule has 0 spiro atoms. The smallest absolute Gasteiger partial charge is 0.328 e. The SMILES string of the molecule is CCCCC(=O)N(CCOc1ccc(CC(Nc2ccccc2C(=O)c2ccccc2)C(=O)OC)cc1)c1ccccc1. The Balaban J connectivity index is 1.40. The zero-order valence-electron chi connectivity index (χ0n) is 24.7. The highest BCUT2D eigenvalue weighted by Crippen LogP contribution is 2.22. The minimum atomic E-state index is -0.713. The summed E-state index contributed by atoms with van der Waals surface area (Å²) in [7, 11) is 1.35. The second-order valence-electron chi connectivity index (χ2n) is 10.1.